The molecule has 0 radical (unpaired) electrons. The minimum Gasteiger partial charge on any atom is -0.497 e. The second-order valence-corrected chi connectivity index (χ2v) is 8.29. The molecule has 3 rings (SSSR count). The van der Waals surface area contributed by atoms with Crippen LogP contribution in [0.1, 0.15) is 36.8 Å². The number of nitrogens with one attached hydrogen (secondary N) is 3. The Morgan fingerprint density at radius 3 is 2.53 bits per heavy atom. The van der Waals surface area contributed by atoms with Crippen LogP contribution in [0.3, 0.4) is 0 Å². The Labute approximate surface area is 192 Å². The number of amides is 1. The topological polar surface area (TPSA) is 109 Å². The average Bonchev–Trinajstić information content (AvgIpc) is 3.33. The number of aromatic nitrogens is 4. The molecular formula is C21H23F4N7O2. The number of methoxy groups -OCH3 is 1. The Morgan fingerprint density at radius 1 is 1.21 bits per heavy atom. The van der Waals surface area contributed by atoms with Gasteiger partial charge in [-0.15, -0.1) is 0 Å². The smallest absolute Gasteiger partial charge is 0.435 e. The Balaban J connectivity index is 1.89. The number of carbonyl (C=O) groups excluding carboxylic acids is 1. The van der Waals surface area contributed by atoms with Gasteiger partial charge in [-0.05, 0) is 39.0 Å². The molecule has 0 atom stereocenters. The highest BCUT2D eigenvalue weighted by molar-refractivity contribution is 6.10. The quantitative estimate of drug-likeness (QED) is 0.297. The summed E-state index contributed by atoms with van der Waals surface area (Å²) < 4.78 is 60.1. The molecule has 0 aliphatic carbocycles. The summed E-state index contributed by atoms with van der Waals surface area (Å²) in [4.78, 5) is 17.0. The zero-order chi connectivity index (χ0) is 25.3. The van der Waals surface area contributed by atoms with E-state index in [4.69, 9.17) is 4.74 Å². The third-order valence-corrected chi connectivity index (χ3v) is 4.31. The highest BCUT2D eigenvalue weighted by atomic mass is 19.4. The molecule has 0 fully saturated rings. The number of halogens is 4. The minimum atomic E-state index is -4.82. The van der Waals surface area contributed by atoms with Crippen molar-refractivity contribution in [1.82, 2.24) is 25.3 Å². The first-order valence-corrected chi connectivity index (χ1v) is 9.95. The van der Waals surface area contributed by atoms with E-state index in [0.29, 0.717) is 11.4 Å². The fourth-order valence-corrected chi connectivity index (χ4v) is 2.94. The summed E-state index contributed by atoms with van der Waals surface area (Å²) in [5, 5.41) is 15.1. The van der Waals surface area contributed by atoms with E-state index < -0.39 is 34.7 Å². The van der Waals surface area contributed by atoms with Crippen LogP contribution in [0.2, 0.25) is 0 Å². The summed E-state index contributed by atoms with van der Waals surface area (Å²) >= 11 is 0. The average molecular weight is 481 g/mol. The highest BCUT2D eigenvalue weighted by Gasteiger charge is 2.39. The van der Waals surface area contributed by atoms with Crippen LogP contribution in [0.5, 0.6) is 5.75 Å². The lowest BCUT2D eigenvalue weighted by molar-refractivity contribution is -0.141. The van der Waals surface area contributed by atoms with Gasteiger partial charge >= 0.3 is 6.18 Å². The van der Waals surface area contributed by atoms with Crippen molar-refractivity contribution in [2.45, 2.75) is 32.5 Å². The van der Waals surface area contributed by atoms with Gasteiger partial charge < -0.3 is 10.1 Å². The maximum Gasteiger partial charge on any atom is 0.435 e. The molecule has 1 aromatic carbocycles. The predicted molar refractivity (Wildman–Crippen MR) is 117 cm³/mol. The van der Waals surface area contributed by atoms with Crippen LogP contribution >= 0.6 is 0 Å². The lowest BCUT2D eigenvalue weighted by Crippen LogP contribution is -2.38. The van der Waals surface area contributed by atoms with Gasteiger partial charge in [0, 0.05) is 24.9 Å². The molecule has 13 heteroatoms. The van der Waals surface area contributed by atoms with E-state index in [-0.39, 0.29) is 17.3 Å². The van der Waals surface area contributed by atoms with Gasteiger partial charge in [0.15, 0.2) is 11.5 Å². The summed E-state index contributed by atoms with van der Waals surface area (Å²) in [6.07, 6.45) is -3.86. The van der Waals surface area contributed by atoms with Crippen molar-refractivity contribution >= 4 is 17.7 Å². The van der Waals surface area contributed by atoms with Gasteiger partial charge in [-0.1, -0.05) is 0 Å². The number of carbonyl (C=O) groups is 1. The number of aryl methyl sites for hydroxylation is 1. The molecule has 3 N–H and O–H groups in total. The molecule has 0 aliphatic rings. The normalized spacial score (nSPS) is 12.6. The van der Waals surface area contributed by atoms with Crippen LogP contribution in [-0.4, -0.2) is 44.5 Å². The standard InChI is InChI=1S/C21H23F4N7O2/c1-20(2,3)28-19(27-18(33)13-10-32(4)31-17(13)21(23,24)25)26-16-9-15(29-30-16)12-8-11(34-5)6-7-14(12)22/h6-10H,1-5H3,(H3,26,27,28,29,30,33). The second-order valence-electron chi connectivity index (χ2n) is 8.29. The Morgan fingerprint density at radius 2 is 1.91 bits per heavy atom. The fourth-order valence-electron chi connectivity index (χ4n) is 2.94. The number of benzene rings is 1. The molecule has 0 saturated carbocycles. The molecule has 2 aromatic heterocycles. The van der Waals surface area contributed by atoms with Crippen molar-refractivity contribution < 1.29 is 27.1 Å². The number of rotatable bonds is 4. The van der Waals surface area contributed by atoms with Gasteiger partial charge in [-0.25, -0.2) is 9.38 Å². The van der Waals surface area contributed by atoms with Gasteiger partial charge in [0.2, 0.25) is 5.96 Å². The largest absolute Gasteiger partial charge is 0.497 e. The number of hydrogen-bond donors (Lipinski definition) is 3. The van der Waals surface area contributed by atoms with Gasteiger partial charge in [0.25, 0.3) is 5.91 Å². The lowest BCUT2D eigenvalue weighted by Gasteiger charge is -2.17. The molecular weight excluding hydrogens is 458 g/mol. The van der Waals surface area contributed by atoms with Crippen LogP contribution in [0, 0.1) is 5.82 Å². The van der Waals surface area contributed by atoms with E-state index in [1.54, 1.807) is 20.8 Å². The molecule has 9 nitrogen and oxygen atoms in total. The van der Waals surface area contributed by atoms with Crippen molar-refractivity contribution in [3.05, 3.63) is 47.5 Å². The monoisotopic (exact) mass is 481 g/mol. The predicted octanol–water partition coefficient (Wildman–Crippen LogP) is 3.97. The minimum absolute atomic E-state index is 0.141. The van der Waals surface area contributed by atoms with E-state index >= 15 is 0 Å². The number of hydrogen-bond acceptors (Lipinski definition) is 5. The zero-order valence-electron chi connectivity index (χ0n) is 19.0. The first kappa shape index (κ1) is 24.7. The molecule has 0 unspecified atom stereocenters. The van der Waals surface area contributed by atoms with Crippen LogP contribution < -0.4 is 15.4 Å². The SMILES string of the molecule is COc1ccc(F)c(-c2cc(NC(=NC(C)(C)C)NC(=O)c3cn(C)nc3C(F)(F)F)n[nH]2)c1. The summed E-state index contributed by atoms with van der Waals surface area (Å²) in [6.45, 7) is 5.19. The van der Waals surface area contributed by atoms with Crippen molar-refractivity contribution in [2.75, 3.05) is 12.4 Å². The van der Waals surface area contributed by atoms with Crippen LogP contribution in [-0.2, 0) is 13.2 Å². The number of nitrogens with zero attached hydrogens (tertiary/aromatic N) is 4. The van der Waals surface area contributed by atoms with Crippen molar-refractivity contribution in [3.63, 3.8) is 0 Å². The second kappa shape index (κ2) is 9.15. The molecule has 0 spiro atoms. The van der Waals surface area contributed by atoms with Crippen LogP contribution in [0.25, 0.3) is 11.3 Å². The van der Waals surface area contributed by atoms with E-state index in [0.717, 1.165) is 10.9 Å². The first-order chi connectivity index (χ1) is 15.8. The van der Waals surface area contributed by atoms with E-state index in [2.05, 4.69) is 30.9 Å². The molecule has 0 saturated heterocycles. The van der Waals surface area contributed by atoms with Gasteiger partial charge in [-0.3, -0.25) is 19.9 Å². The maximum absolute atomic E-state index is 14.3. The Bertz CT molecular complexity index is 1220. The number of guanidine groups is 1. The maximum atomic E-state index is 14.3. The van der Waals surface area contributed by atoms with Gasteiger partial charge in [-0.2, -0.15) is 23.4 Å². The molecule has 3 aromatic rings. The zero-order valence-corrected chi connectivity index (χ0v) is 19.0. The number of aromatic amines is 1. The number of aliphatic imine (C=N–C) groups is 1. The Hall–Kier alpha value is -3.90. The van der Waals surface area contributed by atoms with Gasteiger partial charge in [0.05, 0.1) is 23.9 Å². The number of ether oxygens (including phenoxy) is 1. The lowest BCUT2D eigenvalue weighted by atomic mass is 10.1. The van der Waals surface area contributed by atoms with Crippen LogP contribution in [0.4, 0.5) is 23.4 Å². The molecule has 1 amide bonds. The van der Waals surface area contributed by atoms with Crippen molar-refractivity contribution in [1.29, 1.82) is 0 Å². The van der Waals surface area contributed by atoms with E-state index in [1.807, 2.05) is 0 Å². The third-order valence-electron chi connectivity index (χ3n) is 4.31. The first-order valence-electron chi connectivity index (χ1n) is 9.95. The third kappa shape index (κ3) is 5.91. The molecule has 2 heterocycles. The summed E-state index contributed by atoms with van der Waals surface area (Å²) in [7, 11) is 2.72. The number of alkyl halides is 3. The van der Waals surface area contributed by atoms with E-state index in [9.17, 15) is 22.4 Å². The molecule has 0 bridgehead atoms. The number of H-pyrrole nitrogens is 1. The van der Waals surface area contributed by atoms with Crippen molar-refractivity contribution in [3.8, 4) is 17.0 Å². The fraction of sp³-hybridized carbons (Fsp3) is 0.333. The molecule has 0 aliphatic heterocycles. The summed E-state index contributed by atoms with van der Waals surface area (Å²) in [6, 6.07) is 5.62. The van der Waals surface area contributed by atoms with E-state index in [1.165, 1.54) is 38.4 Å². The number of anilines is 1. The van der Waals surface area contributed by atoms with Crippen LogP contribution in [0.15, 0.2) is 35.5 Å². The molecule has 182 valence electrons. The van der Waals surface area contributed by atoms with Crippen molar-refractivity contribution in [2.24, 2.45) is 12.0 Å². The van der Waals surface area contributed by atoms with Gasteiger partial charge in [0.1, 0.15) is 11.6 Å². The summed E-state index contributed by atoms with van der Waals surface area (Å²) in [5.74, 6) is -1.17. The summed E-state index contributed by atoms with van der Waals surface area (Å²) in [5.41, 5.74) is -2.22. The molecule has 34 heavy (non-hydrogen) atoms. The Kier molecular flexibility index (Phi) is 6.66. The highest BCUT2D eigenvalue weighted by Crippen LogP contribution is 2.30.